The SMILES string of the molecule is CCOC(=O)c1cn(C)c2ncc(-c3cnc4[nH]c5c(N(C)C(=O)OC(C)(C)C)cc(F)c(F)c5c4c3N3CC[C@@]4(C[C@H]4CNC(=O)OC(C)(C)C)C3)cc2c1=O. The maximum atomic E-state index is 16.4. The molecule has 1 saturated heterocycles. The Morgan fingerprint density at radius 1 is 1.05 bits per heavy atom. The topological polar surface area (TPSA) is 161 Å². The molecule has 1 spiro atoms. The van der Waals surface area contributed by atoms with Gasteiger partial charge >= 0.3 is 18.2 Å². The number of alkyl carbamates (subject to hydrolysis) is 1. The zero-order chi connectivity index (χ0) is 41.4. The van der Waals surface area contributed by atoms with E-state index < -0.39 is 46.4 Å². The number of halogens is 2. The van der Waals surface area contributed by atoms with E-state index in [1.54, 1.807) is 78.5 Å². The molecule has 5 aromatic rings. The molecule has 7 rings (SSSR count). The molecule has 57 heavy (non-hydrogen) atoms. The third kappa shape index (κ3) is 7.32. The number of hydrogen-bond donors (Lipinski definition) is 2. The number of ether oxygens (including phenoxy) is 3. The van der Waals surface area contributed by atoms with Gasteiger partial charge in [0.2, 0.25) is 5.43 Å². The van der Waals surface area contributed by atoms with Crippen LogP contribution < -0.4 is 20.5 Å². The summed E-state index contributed by atoms with van der Waals surface area (Å²) >= 11 is 0. The van der Waals surface area contributed by atoms with Gasteiger partial charge in [0, 0.05) is 69.5 Å². The minimum atomic E-state index is -1.18. The number of fused-ring (bicyclic) bond motifs is 4. The third-order valence-corrected chi connectivity index (χ3v) is 10.5. The van der Waals surface area contributed by atoms with Gasteiger partial charge in [0.05, 0.1) is 39.7 Å². The van der Waals surface area contributed by atoms with E-state index in [1.165, 1.54) is 13.2 Å². The highest BCUT2D eigenvalue weighted by molar-refractivity contribution is 6.19. The molecule has 2 fully saturated rings. The number of pyridine rings is 3. The Bertz CT molecular complexity index is 2540. The molecular weight excluding hydrogens is 740 g/mol. The number of nitrogens with zero attached hydrogens (tertiary/aromatic N) is 5. The van der Waals surface area contributed by atoms with Crippen LogP contribution in [0.1, 0.15) is 71.7 Å². The third-order valence-electron chi connectivity index (χ3n) is 10.5. The zero-order valence-electron chi connectivity index (χ0n) is 33.6. The van der Waals surface area contributed by atoms with Crippen molar-refractivity contribution in [2.75, 3.05) is 43.1 Å². The number of carbonyl (C=O) groups is 3. The van der Waals surface area contributed by atoms with Gasteiger partial charge in [-0.25, -0.2) is 33.1 Å². The van der Waals surface area contributed by atoms with E-state index >= 15 is 8.78 Å². The van der Waals surface area contributed by atoms with Crippen molar-refractivity contribution in [3.63, 3.8) is 0 Å². The number of aryl methyl sites for hydroxylation is 1. The van der Waals surface area contributed by atoms with E-state index in [-0.39, 0.29) is 56.5 Å². The Kier molecular flexibility index (Phi) is 9.68. The van der Waals surface area contributed by atoms with Crippen LogP contribution in [0, 0.1) is 23.0 Å². The van der Waals surface area contributed by atoms with E-state index in [0.29, 0.717) is 42.1 Å². The van der Waals surface area contributed by atoms with Crippen LogP contribution in [0.15, 0.2) is 35.5 Å². The summed E-state index contributed by atoms with van der Waals surface area (Å²) in [4.78, 5) is 67.9. The Morgan fingerprint density at radius 2 is 1.77 bits per heavy atom. The van der Waals surface area contributed by atoms with E-state index in [9.17, 15) is 19.2 Å². The fourth-order valence-electron chi connectivity index (χ4n) is 7.85. The maximum absolute atomic E-state index is 16.4. The fraction of sp³-hybridized carbons (Fsp3) is 0.463. The molecular formula is C41H47F2N7O7. The lowest BCUT2D eigenvalue weighted by atomic mass is 10.0. The second-order valence-corrected chi connectivity index (χ2v) is 17.0. The van der Waals surface area contributed by atoms with Gasteiger partial charge in [-0.1, -0.05) is 0 Å². The molecule has 2 N–H and O–H groups in total. The molecule has 0 radical (unpaired) electrons. The summed E-state index contributed by atoms with van der Waals surface area (Å²) in [6.07, 6.45) is 4.85. The van der Waals surface area contributed by atoms with E-state index in [0.717, 1.165) is 23.8 Å². The average Bonchev–Trinajstić information content (AvgIpc) is 3.41. The number of nitrogens with one attached hydrogen (secondary N) is 2. The molecule has 1 aromatic carbocycles. The van der Waals surface area contributed by atoms with Gasteiger partial charge in [-0.05, 0) is 78.7 Å². The summed E-state index contributed by atoms with van der Waals surface area (Å²) in [5.41, 5.74) is -0.221. The van der Waals surface area contributed by atoms with Crippen molar-refractivity contribution in [1.29, 1.82) is 0 Å². The first kappa shape index (κ1) is 39.4. The number of aromatic nitrogens is 4. The van der Waals surface area contributed by atoms with Crippen molar-refractivity contribution in [1.82, 2.24) is 24.8 Å². The Balaban J connectivity index is 1.39. The number of hydrogen-bond acceptors (Lipinski definition) is 10. The summed E-state index contributed by atoms with van der Waals surface area (Å²) in [5, 5.41) is 3.20. The van der Waals surface area contributed by atoms with Crippen molar-refractivity contribution < 1.29 is 37.4 Å². The minimum Gasteiger partial charge on any atom is -0.462 e. The highest BCUT2D eigenvalue weighted by Gasteiger charge is 2.57. The van der Waals surface area contributed by atoms with Crippen LogP contribution in [0.25, 0.3) is 44.1 Å². The van der Waals surface area contributed by atoms with Crippen LogP contribution in [-0.2, 0) is 21.3 Å². The van der Waals surface area contributed by atoms with Crippen LogP contribution in [0.2, 0.25) is 0 Å². The second-order valence-electron chi connectivity index (χ2n) is 17.0. The summed E-state index contributed by atoms with van der Waals surface area (Å²) in [7, 11) is 3.08. The normalized spacial score (nSPS) is 18.1. The molecule has 2 amide bonds. The molecule has 2 aliphatic rings. The Labute approximate surface area is 327 Å². The number of anilines is 2. The minimum absolute atomic E-state index is 0.0411. The summed E-state index contributed by atoms with van der Waals surface area (Å²) in [5.74, 6) is -2.93. The lowest BCUT2D eigenvalue weighted by Gasteiger charge is -2.25. The summed E-state index contributed by atoms with van der Waals surface area (Å²) in [6.45, 7) is 13.7. The van der Waals surface area contributed by atoms with E-state index in [1.807, 2.05) is 0 Å². The average molecular weight is 788 g/mol. The fourth-order valence-corrected chi connectivity index (χ4v) is 7.85. The van der Waals surface area contributed by atoms with E-state index in [4.69, 9.17) is 14.2 Å². The molecule has 16 heteroatoms. The summed E-state index contributed by atoms with van der Waals surface area (Å²) in [6, 6.07) is 2.56. The molecule has 2 atom stereocenters. The number of aromatic amines is 1. The predicted octanol–water partition coefficient (Wildman–Crippen LogP) is 7.20. The first-order chi connectivity index (χ1) is 26.7. The smallest absolute Gasteiger partial charge is 0.414 e. The van der Waals surface area contributed by atoms with Crippen LogP contribution in [0.5, 0.6) is 0 Å². The first-order valence-corrected chi connectivity index (χ1v) is 18.9. The van der Waals surface area contributed by atoms with Crippen LogP contribution in [0.3, 0.4) is 0 Å². The zero-order valence-corrected chi connectivity index (χ0v) is 33.6. The Hall–Kier alpha value is -5.80. The van der Waals surface area contributed by atoms with Gasteiger partial charge in [0.15, 0.2) is 11.6 Å². The van der Waals surface area contributed by atoms with Gasteiger partial charge < -0.3 is 34.0 Å². The molecule has 1 saturated carbocycles. The monoisotopic (exact) mass is 787 g/mol. The van der Waals surface area contributed by atoms with Crippen molar-refractivity contribution in [3.8, 4) is 11.1 Å². The molecule has 0 unspecified atom stereocenters. The predicted molar refractivity (Wildman–Crippen MR) is 212 cm³/mol. The lowest BCUT2D eigenvalue weighted by molar-refractivity contribution is 0.0513. The lowest BCUT2D eigenvalue weighted by Crippen LogP contribution is -2.34. The largest absolute Gasteiger partial charge is 0.462 e. The highest BCUT2D eigenvalue weighted by Crippen LogP contribution is 2.60. The van der Waals surface area contributed by atoms with Gasteiger partial charge in [-0.2, -0.15) is 0 Å². The molecule has 1 aliphatic heterocycles. The molecule has 1 aliphatic carbocycles. The van der Waals surface area contributed by atoms with Crippen molar-refractivity contribution in [2.24, 2.45) is 18.4 Å². The summed E-state index contributed by atoms with van der Waals surface area (Å²) < 4.78 is 49.8. The number of esters is 1. The maximum Gasteiger partial charge on any atom is 0.414 e. The number of amides is 2. The molecule has 5 heterocycles. The molecule has 0 bridgehead atoms. The van der Waals surface area contributed by atoms with Gasteiger partial charge in [0.1, 0.15) is 28.1 Å². The number of H-pyrrole nitrogens is 1. The Morgan fingerprint density at radius 3 is 2.46 bits per heavy atom. The number of benzene rings is 1. The quantitative estimate of drug-likeness (QED) is 0.128. The van der Waals surface area contributed by atoms with Crippen LogP contribution in [-0.4, -0.2) is 82.2 Å². The van der Waals surface area contributed by atoms with Crippen molar-refractivity contribution >= 4 is 62.5 Å². The van der Waals surface area contributed by atoms with Gasteiger partial charge in [-0.15, -0.1) is 0 Å². The molecule has 14 nitrogen and oxygen atoms in total. The van der Waals surface area contributed by atoms with Gasteiger partial charge in [0.25, 0.3) is 0 Å². The van der Waals surface area contributed by atoms with Crippen molar-refractivity contribution in [2.45, 2.75) is 72.5 Å². The first-order valence-electron chi connectivity index (χ1n) is 18.9. The highest BCUT2D eigenvalue weighted by atomic mass is 19.2. The van der Waals surface area contributed by atoms with Crippen molar-refractivity contribution in [3.05, 3.63) is 58.1 Å². The number of carbonyl (C=O) groups excluding carboxylic acids is 3. The van der Waals surface area contributed by atoms with Crippen LogP contribution in [0.4, 0.5) is 29.7 Å². The standard InChI is InChI=1S/C41H47F2N7O7/c1-10-55-36(52)25-19-48(8)35-23(33(25)51)13-21(16-45-35)24-18-44-34-29(28-30(43)26(42)14-27(31(28)47-34)49(9)38(54)57-40(5,6)7)32(24)50-12-11-41(20-50)15-22(41)17-46-37(53)56-39(2,3)4/h13-14,16,18-19,22H,10-12,15,17,20H2,1-9H3,(H,44,47)(H,46,53)/t22-,41+/m0/s1. The molecule has 302 valence electrons. The molecule has 4 aromatic heterocycles. The number of rotatable bonds is 7. The van der Waals surface area contributed by atoms with Gasteiger partial charge in [-0.3, -0.25) is 9.69 Å². The van der Waals surface area contributed by atoms with Crippen LogP contribution >= 0.6 is 0 Å². The van der Waals surface area contributed by atoms with E-state index in [2.05, 4.69) is 25.2 Å². The second kappa shape index (κ2) is 14.0.